The van der Waals surface area contributed by atoms with E-state index in [1.807, 2.05) is 6.07 Å². The number of nitrogens with zero attached hydrogens (tertiary/aromatic N) is 1. The highest BCUT2D eigenvalue weighted by atomic mass is 32.2. The lowest BCUT2D eigenvalue weighted by atomic mass is 9.67. The van der Waals surface area contributed by atoms with Crippen LogP contribution in [0.2, 0.25) is 0 Å². The first-order valence-electron chi connectivity index (χ1n) is 6.51. The molecule has 5 heteroatoms. The summed E-state index contributed by atoms with van der Waals surface area (Å²) in [5.41, 5.74) is 0.497. The number of sulfonamides is 1. The highest BCUT2D eigenvalue weighted by Gasteiger charge is 2.36. The predicted octanol–water partition coefficient (Wildman–Crippen LogP) is 2.42. The second-order valence-corrected chi connectivity index (χ2v) is 6.94. The maximum Gasteiger partial charge on any atom is 0.240 e. The van der Waals surface area contributed by atoms with Gasteiger partial charge in [0, 0.05) is 6.54 Å². The van der Waals surface area contributed by atoms with Gasteiger partial charge in [0.25, 0.3) is 0 Å². The summed E-state index contributed by atoms with van der Waals surface area (Å²) in [4.78, 5) is 0.164. The van der Waals surface area contributed by atoms with E-state index in [0.29, 0.717) is 12.1 Å². The summed E-state index contributed by atoms with van der Waals surface area (Å²) >= 11 is 0. The first-order valence-corrected chi connectivity index (χ1v) is 7.99. The number of nitriles is 1. The lowest BCUT2D eigenvalue weighted by molar-refractivity contribution is 0.133. The summed E-state index contributed by atoms with van der Waals surface area (Å²) < 4.78 is 27.0. The minimum absolute atomic E-state index is 0.139. The van der Waals surface area contributed by atoms with Crippen molar-refractivity contribution in [2.24, 2.45) is 5.41 Å². The van der Waals surface area contributed by atoms with Crippen molar-refractivity contribution in [3.05, 3.63) is 29.8 Å². The summed E-state index contributed by atoms with van der Waals surface area (Å²) in [6.07, 6.45) is 4.35. The summed E-state index contributed by atoms with van der Waals surface area (Å²) in [7, 11) is -3.51. The number of rotatable bonds is 5. The van der Waals surface area contributed by atoms with Crippen LogP contribution in [-0.4, -0.2) is 15.0 Å². The van der Waals surface area contributed by atoms with Crippen molar-refractivity contribution in [3.8, 4) is 6.07 Å². The molecule has 1 fully saturated rings. The van der Waals surface area contributed by atoms with Gasteiger partial charge in [-0.05, 0) is 42.9 Å². The third-order valence-corrected chi connectivity index (χ3v) is 5.47. The summed E-state index contributed by atoms with van der Waals surface area (Å²) in [6.45, 7) is 2.59. The molecule has 0 aliphatic heterocycles. The third kappa shape index (κ3) is 2.96. The van der Waals surface area contributed by atoms with Gasteiger partial charge in [-0.15, -0.1) is 0 Å². The van der Waals surface area contributed by atoms with Crippen molar-refractivity contribution in [1.82, 2.24) is 4.72 Å². The summed E-state index contributed by atoms with van der Waals surface area (Å²) in [5.74, 6) is 0. The maximum atomic E-state index is 12.2. The molecular formula is C14H18N2O2S. The Bertz CT molecular complexity index is 593. The molecule has 0 saturated heterocycles. The van der Waals surface area contributed by atoms with Crippen LogP contribution in [0, 0.1) is 16.7 Å². The second kappa shape index (κ2) is 5.32. The van der Waals surface area contributed by atoms with Crippen LogP contribution in [0.3, 0.4) is 0 Å². The van der Waals surface area contributed by atoms with Crippen LogP contribution in [0.4, 0.5) is 0 Å². The summed E-state index contributed by atoms with van der Waals surface area (Å²) in [5, 5.41) is 8.81. The van der Waals surface area contributed by atoms with E-state index in [1.54, 1.807) is 12.1 Å². The van der Waals surface area contributed by atoms with Crippen molar-refractivity contribution >= 4 is 10.0 Å². The molecule has 0 amide bonds. The zero-order valence-electron chi connectivity index (χ0n) is 11.0. The Kier molecular flexibility index (Phi) is 3.93. The Labute approximate surface area is 114 Å². The molecule has 1 aromatic carbocycles. The van der Waals surface area contributed by atoms with Crippen molar-refractivity contribution in [3.63, 3.8) is 0 Å². The predicted molar refractivity (Wildman–Crippen MR) is 72.9 cm³/mol. The molecule has 1 N–H and O–H groups in total. The Morgan fingerprint density at radius 2 is 2.16 bits per heavy atom. The van der Waals surface area contributed by atoms with E-state index in [4.69, 9.17) is 5.26 Å². The van der Waals surface area contributed by atoms with Crippen LogP contribution < -0.4 is 4.72 Å². The fraction of sp³-hybridized carbons (Fsp3) is 0.500. The topological polar surface area (TPSA) is 70.0 Å². The van der Waals surface area contributed by atoms with E-state index >= 15 is 0 Å². The molecule has 1 aromatic rings. The molecule has 0 radical (unpaired) electrons. The average Bonchev–Trinajstić information content (AvgIpc) is 2.38. The van der Waals surface area contributed by atoms with Gasteiger partial charge >= 0.3 is 0 Å². The second-order valence-electron chi connectivity index (χ2n) is 5.17. The van der Waals surface area contributed by atoms with Crippen LogP contribution in [0.25, 0.3) is 0 Å². The Morgan fingerprint density at radius 1 is 1.42 bits per heavy atom. The summed E-state index contributed by atoms with van der Waals surface area (Å²) in [6, 6.07) is 8.06. The average molecular weight is 278 g/mol. The largest absolute Gasteiger partial charge is 0.240 e. The fourth-order valence-corrected chi connectivity index (χ4v) is 3.60. The number of benzene rings is 1. The van der Waals surface area contributed by atoms with Crippen LogP contribution in [0.15, 0.2) is 29.2 Å². The Hall–Kier alpha value is -1.38. The Morgan fingerprint density at radius 3 is 2.68 bits per heavy atom. The van der Waals surface area contributed by atoms with Crippen LogP contribution in [0.5, 0.6) is 0 Å². The maximum absolute atomic E-state index is 12.2. The van der Waals surface area contributed by atoms with Crippen LogP contribution >= 0.6 is 0 Å². The minimum atomic E-state index is -3.51. The standard InChI is InChI=1S/C14H18N2O2S/c1-2-14(7-4-8-14)11-16-19(17,18)13-6-3-5-12(9-13)10-15/h3,5-6,9,16H,2,4,7-8,11H2,1H3. The highest BCUT2D eigenvalue weighted by Crippen LogP contribution is 2.43. The zero-order chi connectivity index (χ0) is 13.9. The smallest absolute Gasteiger partial charge is 0.211 e. The van der Waals surface area contributed by atoms with Gasteiger partial charge in [-0.1, -0.05) is 19.4 Å². The SMILES string of the molecule is CCC1(CNS(=O)(=O)c2cccc(C#N)c2)CCC1. The molecule has 19 heavy (non-hydrogen) atoms. The van der Waals surface area contributed by atoms with Crippen molar-refractivity contribution in [1.29, 1.82) is 5.26 Å². The molecule has 1 aliphatic rings. The van der Waals surface area contributed by atoms with E-state index < -0.39 is 10.0 Å². The zero-order valence-corrected chi connectivity index (χ0v) is 11.8. The van der Waals surface area contributed by atoms with Gasteiger partial charge in [0.05, 0.1) is 16.5 Å². The third-order valence-electron chi connectivity index (χ3n) is 4.07. The molecule has 0 spiro atoms. The molecule has 0 aromatic heterocycles. The fourth-order valence-electron chi connectivity index (χ4n) is 2.40. The van der Waals surface area contributed by atoms with Gasteiger partial charge in [0.1, 0.15) is 0 Å². The van der Waals surface area contributed by atoms with Gasteiger partial charge in [0.15, 0.2) is 0 Å². The molecule has 0 unspecified atom stereocenters. The molecule has 0 bridgehead atoms. The first kappa shape index (κ1) is 14.0. The molecule has 0 atom stereocenters. The van der Waals surface area contributed by atoms with E-state index in [2.05, 4.69) is 11.6 Å². The van der Waals surface area contributed by atoms with Crippen molar-refractivity contribution in [2.75, 3.05) is 6.54 Å². The number of hydrogen-bond donors (Lipinski definition) is 1. The molecule has 0 heterocycles. The quantitative estimate of drug-likeness (QED) is 0.899. The number of hydrogen-bond acceptors (Lipinski definition) is 3. The lowest BCUT2D eigenvalue weighted by Crippen LogP contribution is -2.41. The first-order chi connectivity index (χ1) is 9.01. The van der Waals surface area contributed by atoms with Gasteiger partial charge in [-0.25, -0.2) is 13.1 Å². The van der Waals surface area contributed by atoms with E-state index in [1.165, 1.54) is 18.6 Å². The monoisotopic (exact) mass is 278 g/mol. The molecule has 2 rings (SSSR count). The van der Waals surface area contributed by atoms with E-state index in [-0.39, 0.29) is 10.3 Å². The molecular weight excluding hydrogens is 260 g/mol. The molecule has 4 nitrogen and oxygen atoms in total. The molecule has 1 saturated carbocycles. The van der Waals surface area contributed by atoms with Gasteiger partial charge in [-0.2, -0.15) is 5.26 Å². The Balaban J connectivity index is 2.12. The van der Waals surface area contributed by atoms with Gasteiger partial charge in [0.2, 0.25) is 10.0 Å². The van der Waals surface area contributed by atoms with Gasteiger partial charge in [-0.3, -0.25) is 0 Å². The van der Waals surface area contributed by atoms with E-state index in [0.717, 1.165) is 19.3 Å². The van der Waals surface area contributed by atoms with Crippen molar-refractivity contribution < 1.29 is 8.42 Å². The van der Waals surface area contributed by atoms with Crippen molar-refractivity contribution in [2.45, 2.75) is 37.5 Å². The molecule has 1 aliphatic carbocycles. The lowest BCUT2D eigenvalue weighted by Gasteiger charge is -2.41. The number of nitrogens with one attached hydrogen (secondary N) is 1. The minimum Gasteiger partial charge on any atom is -0.211 e. The van der Waals surface area contributed by atoms with Gasteiger partial charge < -0.3 is 0 Å². The van der Waals surface area contributed by atoms with E-state index in [9.17, 15) is 8.42 Å². The van der Waals surface area contributed by atoms with Crippen LogP contribution in [0.1, 0.15) is 38.2 Å². The molecule has 102 valence electrons. The van der Waals surface area contributed by atoms with Crippen LogP contribution in [-0.2, 0) is 10.0 Å². The normalized spacial score (nSPS) is 17.5. The highest BCUT2D eigenvalue weighted by molar-refractivity contribution is 7.89.